The van der Waals surface area contributed by atoms with Crippen LogP contribution in [0.5, 0.6) is 0 Å². The van der Waals surface area contributed by atoms with Crippen molar-refractivity contribution in [3.8, 4) is 0 Å². The molecule has 0 radical (unpaired) electrons. The highest BCUT2D eigenvalue weighted by Gasteiger charge is 2.19. The molecule has 1 aliphatic carbocycles. The van der Waals surface area contributed by atoms with Crippen LogP contribution in [0.2, 0.25) is 0 Å². The number of aryl methyl sites for hydroxylation is 7. The first-order valence-corrected chi connectivity index (χ1v) is 26.2. The van der Waals surface area contributed by atoms with Crippen LogP contribution in [0.1, 0.15) is 220 Å². The predicted octanol–water partition coefficient (Wildman–Crippen LogP) is 17.1. The number of pyridine rings is 4. The lowest BCUT2D eigenvalue weighted by molar-refractivity contribution is 0.493. The Morgan fingerprint density at radius 2 is 1.23 bits per heavy atom. The standard InChI is InChI=1S/C10H15N.C10H16.C9H13NO.2C9H13N.C7H12N2.C7H11NS/c1-7(2)10-5-8(3)6-11-9(10)4;1-8-6-5-7-9(8)10(2,3)4;1-7(2)8-5-4-6-10(3)9(8)11;1-7(2)9-6-8(3)4-5-10-9;1-7(2)9-5-4-8(3)6-10-9;1-5(2)7-4-6(3)8-9-7;1-5(2)7-8-6(3)4-9-7/h5-7H,1-4H3;5-6H,7H2,1-4H3;4-7H,1-3H3;2*4-7H,1-3H3;4-5H,1-3H3,(H,8,9);4-5H,1-3H3. The highest BCUT2D eigenvalue weighted by Crippen LogP contribution is 2.34. The minimum absolute atomic E-state index is 0.113. The van der Waals surface area contributed by atoms with Gasteiger partial charge in [0, 0.05) is 77.2 Å². The molecule has 384 valence electrons. The van der Waals surface area contributed by atoms with Crippen molar-refractivity contribution in [2.45, 2.75) is 194 Å². The van der Waals surface area contributed by atoms with Gasteiger partial charge < -0.3 is 4.57 Å². The summed E-state index contributed by atoms with van der Waals surface area (Å²) in [6.45, 7) is 47.0. The van der Waals surface area contributed by atoms with Crippen LogP contribution in [0.25, 0.3) is 0 Å². The fourth-order valence-corrected chi connectivity index (χ4v) is 7.70. The average Bonchev–Trinajstić information content (AvgIpc) is 4.05. The first kappa shape index (κ1) is 62.7. The summed E-state index contributed by atoms with van der Waals surface area (Å²) in [5.41, 5.74) is 16.5. The molecule has 0 spiro atoms. The lowest BCUT2D eigenvalue weighted by Crippen LogP contribution is -2.20. The third-order valence-corrected chi connectivity index (χ3v) is 12.5. The Hall–Kier alpha value is -5.28. The molecule has 6 heterocycles. The Balaban J connectivity index is 0.000000409. The quantitative estimate of drug-likeness (QED) is 0.178. The van der Waals surface area contributed by atoms with Crippen LogP contribution < -0.4 is 5.56 Å². The van der Waals surface area contributed by atoms with Gasteiger partial charge in [0.1, 0.15) is 0 Å². The molecule has 0 aliphatic heterocycles. The van der Waals surface area contributed by atoms with Crippen LogP contribution in [0.4, 0.5) is 0 Å². The molecule has 70 heavy (non-hydrogen) atoms. The molecule has 0 fully saturated rings. The van der Waals surface area contributed by atoms with Gasteiger partial charge >= 0.3 is 0 Å². The molecule has 8 nitrogen and oxygen atoms in total. The van der Waals surface area contributed by atoms with Crippen molar-refractivity contribution < 1.29 is 0 Å². The summed E-state index contributed by atoms with van der Waals surface area (Å²) in [6.07, 6.45) is 13.1. The number of hydrogen-bond donors (Lipinski definition) is 1. The van der Waals surface area contributed by atoms with Crippen molar-refractivity contribution in [2.75, 3.05) is 0 Å². The summed E-state index contributed by atoms with van der Waals surface area (Å²) < 4.78 is 1.61. The zero-order chi connectivity index (χ0) is 53.5. The molecule has 0 bridgehead atoms. The number of aromatic amines is 1. The molecule has 1 aliphatic rings. The molecule has 0 amide bonds. The average molecular weight is 973 g/mol. The molecule has 6 aromatic heterocycles. The normalized spacial score (nSPS) is 11.7. The number of rotatable bonds is 6. The van der Waals surface area contributed by atoms with Crippen molar-refractivity contribution >= 4 is 11.3 Å². The third-order valence-electron chi connectivity index (χ3n) is 11.2. The predicted molar refractivity (Wildman–Crippen MR) is 304 cm³/mol. The summed E-state index contributed by atoms with van der Waals surface area (Å²) in [5.74, 6) is 3.11. The summed E-state index contributed by atoms with van der Waals surface area (Å²) in [5, 5.41) is 10.3. The van der Waals surface area contributed by atoms with Crippen molar-refractivity contribution in [1.29, 1.82) is 0 Å². The van der Waals surface area contributed by atoms with Gasteiger partial charge in [-0.05, 0) is 142 Å². The van der Waals surface area contributed by atoms with Crippen LogP contribution in [0.15, 0.2) is 107 Å². The van der Waals surface area contributed by atoms with E-state index in [0.717, 1.165) is 34.8 Å². The summed E-state index contributed by atoms with van der Waals surface area (Å²) in [4.78, 5) is 28.5. The van der Waals surface area contributed by atoms with E-state index in [9.17, 15) is 4.79 Å². The minimum Gasteiger partial charge on any atom is -0.318 e. The Labute approximate surface area is 430 Å². The number of H-pyrrole nitrogens is 1. The van der Waals surface area contributed by atoms with E-state index in [2.05, 4.69) is 203 Å². The molecular formula is C61H93N7OS. The number of hydrogen-bond acceptors (Lipinski definition) is 7. The van der Waals surface area contributed by atoms with Gasteiger partial charge in [0.25, 0.3) is 5.56 Å². The SMILES string of the molecule is CC(C)c1cccn(C)c1=O.CC1=C(C(C)(C)C)CC=C1.Cc1cc(C(C)C)n[nH]1.Cc1ccc(C(C)C)nc1.Cc1ccnc(C(C)C)c1.Cc1cnc(C)c(C(C)C)c1.Cc1csc(C(C)C)n1. The second kappa shape index (κ2) is 31.1. The van der Waals surface area contributed by atoms with E-state index in [0.29, 0.717) is 40.9 Å². The molecule has 6 aromatic rings. The second-order valence-electron chi connectivity index (χ2n) is 21.3. The molecular weight excluding hydrogens is 879 g/mol. The van der Waals surface area contributed by atoms with Gasteiger partial charge in [-0.25, -0.2) is 4.98 Å². The van der Waals surface area contributed by atoms with Crippen LogP contribution >= 0.6 is 11.3 Å². The van der Waals surface area contributed by atoms with Gasteiger partial charge in [0.15, 0.2) is 0 Å². The van der Waals surface area contributed by atoms with Gasteiger partial charge in [-0.2, -0.15) is 5.10 Å². The van der Waals surface area contributed by atoms with Crippen LogP contribution in [-0.2, 0) is 7.05 Å². The number of aromatic nitrogens is 7. The Bertz CT molecular complexity index is 2480. The molecule has 7 rings (SSSR count). The molecule has 0 atom stereocenters. The number of thiazole rings is 1. The Morgan fingerprint density at radius 1 is 0.629 bits per heavy atom. The monoisotopic (exact) mass is 972 g/mol. The third kappa shape index (κ3) is 24.0. The zero-order valence-corrected chi connectivity index (χ0v) is 48.6. The van der Waals surface area contributed by atoms with Crippen molar-refractivity contribution in [3.63, 3.8) is 0 Å². The number of allylic oxidation sites excluding steroid dienone is 4. The van der Waals surface area contributed by atoms with Crippen LogP contribution in [0.3, 0.4) is 0 Å². The fraction of sp³-hybridized carbons (Fsp3) is 0.508. The number of nitrogens with one attached hydrogen (secondary N) is 1. The Morgan fingerprint density at radius 3 is 1.57 bits per heavy atom. The maximum Gasteiger partial charge on any atom is 0.253 e. The summed E-state index contributed by atoms with van der Waals surface area (Å²) >= 11 is 1.75. The lowest BCUT2D eigenvalue weighted by atomic mass is 9.84. The van der Waals surface area contributed by atoms with Crippen molar-refractivity contribution in [3.05, 3.63) is 179 Å². The fourth-order valence-electron chi connectivity index (χ4n) is 6.88. The van der Waals surface area contributed by atoms with Gasteiger partial charge in [0.2, 0.25) is 0 Å². The second-order valence-corrected chi connectivity index (χ2v) is 22.2. The van der Waals surface area contributed by atoms with E-state index in [-0.39, 0.29) is 5.56 Å². The molecule has 0 aromatic carbocycles. The van der Waals surface area contributed by atoms with E-state index in [1.807, 2.05) is 64.5 Å². The molecule has 0 saturated carbocycles. The molecule has 0 unspecified atom stereocenters. The van der Waals surface area contributed by atoms with Gasteiger partial charge in [0.05, 0.1) is 10.7 Å². The summed E-state index contributed by atoms with van der Waals surface area (Å²) in [6, 6.07) is 16.4. The zero-order valence-electron chi connectivity index (χ0n) is 47.8. The van der Waals surface area contributed by atoms with Gasteiger partial charge in [-0.3, -0.25) is 24.8 Å². The first-order valence-electron chi connectivity index (χ1n) is 25.3. The lowest BCUT2D eigenvalue weighted by Gasteiger charge is -2.21. The maximum absolute atomic E-state index is 11.4. The van der Waals surface area contributed by atoms with E-state index in [1.165, 1.54) is 44.2 Å². The topological polar surface area (TPSA) is 102 Å². The van der Waals surface area contributed by atoms with Crippen LogP contribution in [0, 0.1) is 47.0 Å². The van der Waals surface area contributed by atoms with E-state index >= 15 is 0 Å². The summed E-state index contributed by atoms with van der Waals surface area (Å²) in [7, 11) is 1.77. The largest absolute Gasteiger partial charge is 0.318 e. The van der Waals surface area contributed by atoms with E-state index < -0.39 is 0 Å². The maximum atomic E-state index is 11.4. The molecule has 0 saturated heterocycles. The van der Waals surface area contributed by atoms with Crippen molar-refractivity contribution in [2.24, 2.45) is 12.5 Å². The number of nitrogens with zero attached hydrogens (tertiary/aromatic N) is 6. The van der Waals surface area contributed by atoms with Gasteiger partial charge in [-0.1, -0.05) is 145 Å². The van der Waals surface area contributed by atoms with E-state index in [1.54, 1.807) is 34.7 Å². The first-order chi connectivity index (χ1) is 32.5. The highest BCUT2D eigenvalue weighted by atomic mass is 32.1. The van der Waals surface area contributed by atoms with Crippen LogP contribution in [-0.4, -0.2) is 34.7 Å². The Kier molecular flexibility index (Phi) is 27.9. The van der Waals surface area contributed by atoms with Crippen molar-refractivity contribution in [1.82, 2.24) is 34.7 Å². The molecule has 1 N–H and O–H groups in total. The molecule has 9 heteroatoms. The minimum atomic E-state index is 0.113. The van der Waals surface area contributed by atoms with Gasteiger partial charge in [-0.15, -0.1) is 11.3 Å². The highest BCUT2D eigenvalue weighted by molar-refractivity contribution is 7.09. The van der Waals surface area contributed by atoms with E-state index in [4.69, 9.17) is 0 Å². The smallest absolute Gasteiger partial charge is 0.253 e.